The molecule has 1 saturated heterocycles. The number of aromatic nitrogens is 3. The minimum absolute atomic E-state index is 0.745. The van der Waals surface area contributed by atoms with E-state index in [4.69, 9.17) is 12.2 Å². The van der Waals surface area contributed by atoms with Crippen molar-refractivity contribution in [2.45, 2.75) is 52.1 Å². The van der Waals surface area contributed by atoms with Crippen molar-refractivity contribution in [1.82, 2.24) is 19.7 Å². The van der Waals surface area contributed by atoms with E-state index in [0.29, 0.717) is 0 Å². The minimum atomic E-state index is 0.745. The first kappa shape index (κ1) is 12.8. The Kier molecular flexibility index (Phi) is 4.74. The van der Waals surface area contributed by atoms with Gasteiger partial charge >= 0.3 is 0 Å². The Morgan fingerprint density at radius 2 is 1.82 bits per heavy atom. The molecule has 1 aliphatic heterocycles. The topological polar surface area (TPSA) is 36.9 Å². The second kappa shape index (κ2) is 6.31. The molecular formula is C12H22N4S. The van der Waals surface area contributed by atoms with Gasteiger partial charge < -0.3 is 4.57 Å². The molecule has 0 amide bonds. The van der Waals surface area contributed by atoms with E-state index in [1.807, 2.05) is 0 Å². The van der Waals surface area contributed by atoms with Crippen molar-refractivity contribution in [2.24, 2.45) is 0 Å². The number of nitrogens with zero attached hydrogens (tertiary/aromatic N) is 3. The highest BCUT2D eigenvalue weighted by Crippen LogP contribution is 2.12. The number of aromatic amines is 1. The van der Waals surface area contributed by atoms with Crippen LogP contribution >= 0.6 is 12.2 Å². The number of rotatable bonds is 3. The molecule has 4 nitrogen and oxygen atoms in total. The zero-order valence-electron chi connectivity index (χ0n) is 10.6. The molecule has 0 aliphatic carbocycles. The Bertz CT molecular complexity index is 387. The number of hydrogen-bond acceptors (Lipinski definition) is 3. The smallest absolute Gasteiger partial charge is 0.195 e. The maximum atomic E-state index is 5.21. The quantitative estimate of drug-likeness (QED) is 0.843. The molecule has 1 aromatic rings. The minimum Gasteiger partial charge on any atom is -0.303 e. The summed E-state index contributed by atoms with van der Waals surface area (Å²) in [7, 11) is 0. The van der Waals surface area contributed by atoms with E-state index in [9.17, 15) is 0 Å². The summed E-state index contributed by atoms with van der Waals surface area (Å²) in [6, 6.07) is 0. The third-order valence-corrected chi connectivity index (χ3v) is 3.78. The highest BCUT2D eigenvalue weighted by molar-refractivity contribution is 7.71. The first-order chi connectivity index (χ1) is 8.31. The fraction of sp³-hybridized carbons (Fsp3) is 0.833. The summed E-state index contributed by atoms with van der Waals surface area (Å²) < 4.78 is 2.84. The molecule has 1 aliphatic rings. The average Bonchev–Trinajstić information content (AvgIpc) is 2.63. The Morgan fingerprint density at radius 1 is 1.18 bits per heavy atom. The molecule has 1 fully saturated rings. The third-order valence-electron chi connectivity index (χ3n) is 3.47. The Balaban J connectivity index is 2.00. The van der Waals surface area contributed by atoms with Crippen LogP contribution in [0.4, 0.5) is 0 Å². The molecule has 0 spiro atoms. The lowest BCUT2D eigenvalue weighted by Crippen LogP contribution is -2.28. The second-order valence-electron chi connectivity index (χ2n) is 4.73. The zero-order chi connectivity index (χ0) is 12.1. The van der Waals surface area contributed by atoms with Crippen LogP contribution in [0.2, 0.25) is 0 Å². The van der Waals surface area contributed by atoms with Crippen LogP contribution in [0.15, 0.2) is 0 Å². The molecule has 1 N–H and O–H groups in total. The summed E-state index contributed by atoms with van der Waals surface area (Å²) in [5.74, 6) is 1.08. The molecular weight excluding hydrogens is 232 g/mol. The van der Waals surface area contributed by atoms with Crippen LogP contribution in [0.1, 0.15) is 44.9 Å². The van der Waals surface area contributed by atoms with Crippen molar-refractivity contribution in [3.8, 4) is 0 Å². The van der Waals surface area contributed by atoms with Crippen LogP contribution < -0.4 is 0 Å². The summed E-state index contributed by atoms with van der Waals surface area (Å²) >= 11 is 5.21. The highest BCUT2D eigenvalue weighted by Gasteiger charge is 2.12. The van der Waals surface area contributed by atoms with Crippen molar-refractivity contribution in [2.75, 3.05) is 13.1 Å². The zero-order valence-corrected chi connectivity index (χ0v) is 11.4. The second-order valence-corrected chi connectivity index (χ2v) is 5.12. The van der Waals surface area contributed by atoms with Crippen molar-refractivity contribution in [1.29, 1.82) is 0 Å². The van der Waals surface area contributed by atoms with Gasteiger partial charge in [0.15, 0.2) is 4.77 Å². The molecule has 2 rings (SSSR count). The number of hydrogen-bond donors (Lipinski definition) is 1. The van der Waals surface area contributed by atoms with Crippen LogP contribution in [0.25, 0.3) is 0 Å². The Labute approximate surface area is 108 Å². The summed E-state index contributed by atoms with van der Waals surface area (Å²) in [4.78, 5) is 2.51. The molecule has 1 aromatic heterocycles. The van der Waals surface area contributed by atoms with Gasteiger partial charge in [-0.15, -0.1) is 0 Å². The molecule has 0 atom stereocenters. The molecule has 2 heterocycles. The van der Waals surface area contributed by atoms with E-state index in [0.717, 1.165) is 23.7 Å². The third kappa shape index (κ3) is 3.39. The van der Waals surface area contributed by atoms with E-state index in [1.165, 1.54) is 45.2 Å². The number of likely N-dealkylation sites (tertiary alicyclic amines) is 1. The molecule has 0 aromatic carbocycles. The van der Waals surface area contributed by atoms with Crippen LogP contribution in [-0.4, -0.2) is 32.8 Å². The molecule has 0 unspecified atom stereocenters. The van der Waals surface area contributed by atoms with Gasteiger partial charge in [0.2, 0.25) is 0 Å². The van der Waals surface area contributed by atoms with Crippen molar-refractivity contribution < 1.29 is 0 Å². The highest BCUT2D eigenvalue weighted by atomic mass is 32.1. The van der Waals surface area contributed by atoms with E-state index in [1.54, 1.807) is 0 Å². The van der Waals surface area contributed by atoms with Gasteiger partial charge in [-0.25, -0.2) is 0 Å². The molecule has 0 radical (unpaired) electrons. The largest absolute Gasteiger partial charge is 0.303 e. The van der Waals surface area contributed by atoms with Gasteiger partial charge in [-0.2, -0.15) is 5.10 Å². The Morgan fingerprint density at radius 3 is 2.47 bits per heavy atom. The maximum absolute atomic E-state index is 5.21. The fourth-order valence-corrected chi connectivity index (χ4v) is 2.75. The van der Waals surface area contributed by atoms with E-state index in [-0.39, 0.29) is 0 Å². The normalized spacial score (nSPS) is 18.9. The van der Waals surface area contributed by atoms with Crippen molar-refractivity contribution >= 4 is 12.2 Å². The Hall–Kier alpha value is -0.680. The van der Waals surface area contributed by atoms with Gasteiger partial charge in [0.1, 0.15) is 5.82 Å². The van der Waals surface area contributed by atoms with Gasteiger partial charge in [-0.3, -0.25) is 10.00 Å². The van der Waals surface area contributed by atoms with Crippen LogP contribution in [-0.2, 0) is 13.1 Å². The first-order valence-electron chi connectivity index (χ1n) is 6.67. The standard InChI is InChI=1S/C12H22N4S/c1-2-16-11(13-14-12(16)17)10-15-8-6-4-3-5-7-9-15/h2-10H2,1H3,(H,14,17). The van der Waals surface area contributed by atoms with Crippen LogP contribution in [0.3, 0.4) is 0 Å². The number of H-pyrrole nitrogens is 1. The van der Waals surface area contributed by atoms with Crippen LogP contribution in [0.5, 0.6) is 0 Å². The lowest BCUT2D eigenvalue weighted by atomic mass is 10.1. The van der Waals surface area contributed by atoms with Gasteiger partial charge in [-0.1, -0.05) is 19.3 Å². The first-order valence-corrected chi connectivity index (χ1v) is 7.08. The predicted octanol–water partition coefficient (Wildman–Crippen LogP) is 2.73. The maximum Gasteiger partial charge on any atom is 0.195 e. The summed E-state index contributed by atoms with van der Waals surface area (Å²) in [5.41, 5.74) is 0. The monoisotopic (exact) mass is 254 g/mol. The molecule has 5 heteroatoms. The summed E-state index contributed by atoms with van der Waals surface area (Å²) in [5, 5.41) is 7.23. The molecule has 96 valence electrons. The molecule has 17 heavy (non-hydrogen) atoms. The molecule has 0 bridgehead atoms. The van der Waals surface area contributed by atoms with E-state index in [2.05, 4.69) is 26.6 Å². The van der Waals surface area contributed by atoms with Crippen molar-refractivity contribution in [3.63, 3.8) is 0 Å². The van der Waals surface area contributed by atoms with Crippen molar-refractivity contribution in [3.05, 3.63) is 10.6 Å². The number of nitrogens with one attached hydrogen (secondary N) is 1. The van der Waals surface area contributed by atoms with E-state index < -0.39 is 0 Å². The van der Waals surface area contributed by atoms with Gasteiger partial charge in [-0.05, 0) is 45.1 Å². The van der Waals surface area contributed by atoms with Gasteiger partial charge in [0, 0.05) is 6.54 Å². The summed E-state index contributed by atoms with van der Waals surface area (Å²) in [6.07, 6.45) is 6.78. The van der Waals surface area contributed by atoms with Crippen LogP contribution in [0, 0.1) is 4.77 Å². The predicted molar refractivity (Wildman–Crippen MR) is 71.4 cm³/mol. The lowest BCUT2D eigenvalue weighted by Gasteiger charge is -2.23. The SMILES string of the molecule is CCn1c(CN2CCCCCCC2)n[nH]c1=S. The lowest BCUT2D eigenvalue weighted by molar-refractivity contribution is 0.231. The van der Waals surface area contributed by atoms with Gasteiger partial charge in [0.05, 0.1) is 6.54 Å². The molecule has 0 saturated carbocycles. The fourth-order valence-electron chi connectivity index (χ4n) is 2.47. The van der Waals surface area contributed by atoms with E-state index >= 15 is 0 Å². The average molecular weight is 254 g/mol. The summed E-state index contributed by atoms with van der Waals surface area (Å²) in [6.45, 7) is 6.34. The van der Waals surface area contributed by atoms with Gasteiger partial charge in [0.25, 0.3) is 0 Å².